The van der Waals surface area contributed by atoms with Crippen LogP contribution in [0.15, 0.2) is 51.4 Å². The van der Waals surface area contributed by atoms with Crippen molar-refractivity contribution in [2.24, 2.45) is 0 Å². The standard InChI is InChI=1S/C17H14N4O2S/c1-10-5-2-3-7-12(10)21-15-14(16(22)20-17(21)23)18-13(19-15)9-11-6-4-8-24-11/h2-8H,9H2,1H3,(H,18,19)(H,20,22,23). The minimum absolute atomic E-state index is 0.310. The van der Waals surface area contributed by atoms with Gasteiger partial charge in [-0.2, -0.15) is 0 Å². The van der Waals surface area contributed by atoms with Gasteiger partial charge >= 0.3 is 5.69 Å². The minimum atomic E-state index is -0.490. The molecule has 0 bridgehead atoms. The van der Waals surface area contributed by atoms with Crippen LogP contribution in [0.4, 0.5) is 0 Å². The highest BCUT2D eigenvalue weighted by Crippen LogP contribution is 2.18. The topological polar surface area (TPSA) is 83.5 Å². The van der Waals surface area contributed by atoms with Crippen molar-refractivity contribution < 1.29 is 0 Å². The first-order valence-corrected chi connectivity index (χ1v) is 8.34. The summed E-state index contributed by atoms with van der Waals surface area (Å²) in [6.45, 7) is 1.91. The van der Waals surface area contributed by atoms with Crippen LogP contribution in [0, 0.1) is 6.92 Å². The molecule has 0 aliphatic carbocycles. The van der Waals surface area contributed by atoms with Gasteiger partial charge in [0.15, 0.2) is 5.65 Å². The third-order valence-electron chi connectivity index (χ3n) is 3.87. The van der Waals surface area contributed by atoms with Crippen LogP contribution in [0.2, 0.25) is 0 Å². The van der Waals surface area contributed by atoms with E-state index in [1.54, 1.807) is 11.3 Å². The Hall–Kier alpha value is -2.93. The maximum absolute atomic E-state index is 12.4. The van der Waals surface area contributed by atoms with E-state index in [0.29, 0.717) is 29.1 Å². The number of hydrogen-bond donors (Lipinski definition) is 2. The molecule has 0 atom stereocenters. The summed E-state index contributed by atoms with van der Waals surface area (Å²) >= 11 is 1.62. The second kappa shape index (κ2) is 5.61. The largest absolute Gasteiger partial charge is 0.336 e. The molecule has 0 aliphatic heterocycles. The second-order valence-electron chi connectivity index (χ2n) is 5.52. The van der Waals surface area contributed by atoms with Crippen molar-refractivity contribution in [2.45, 2.75) is 13.3 Å². The molecule has 6 nitrogen and oxygen atoms in total. The summed E-state index contributed by atoms with van der Waals surface area (Å²) in [5.74, 6) is 0.658. The average molecular weight is 338 g/mol. The molecular formula is C17H14N4O2S. The predicted molar refractivity (Wildman–Crippen MR) is 94.2 cm³/mol. The van der Waals surface area contributed by atoms with Gasteiger partial charge in [0.1, 0.15) is 11.3 Å². The zero-order valence-electron chi connectivity index (χ0n) is 12.9. The lowest BCUT2D eigenvalue weighted by Gasteiger charge is -2.08. The molecule has 1 aromatic carbocycles. The molecule has 0 fully saturated rings. The van der Waals surface area contributed by atoms with Crippen LogP contribution in [0.25, 0.3) is 16.9 Å². The molecule has 0 aliphatic rings. The number of nitrogens with one attached hydrogen (secondary N) is 2. The molecule has 4 rings (SSSR count). The third kappa shape index (κ3) is 2.39. The van der Waals surface area contributed by atoms with Crippen molar-refractivity contribution in [2.75, 3.05) is 0 Å². The summed E-state index contributed by atoms with van der Waals surface area (Å²) in [6, 6.07) is 11.5. The monoisotopic (exact) mass is 338 g/mol. The van der Waals surface area contributed by atoms with E-state index in [1.807, 2.05) is 48.7 Å². The molecule has 0 saturated heterocycles. The average Bonchev–Trinajstić information content (AvgIpc) is 3.19. The maximum Gasteiger partial charge on any atom is 0.334 e. The summed E-state index contributed by atoms with van der Waals surface area (Å²) in [6.07, 6.45) is 0.591. The molecule has 2 N–H and O–H groups in total. The van der Waals surface area contributed by atoms with Gasteiger partial charge in [-0.3, -0.25) is 9.78 Å². The lowest BCUT2D eigenvalue weighted by Crippen LogP contribution is -2.29. The predicted octanol–water partition coefficient (Wildman–Crippen LogP) is 2.36. The number of nitrogens with zero attached hydrogens (tertiary/aromatic N) is 2. The summed E-state index contributed by atoms with van der Waals surface area (Å²) in [5.41, 5.74) is 1.35. The van der Waals surface area contributed by atoms with Gasteiger partial charge in [0, 0.05) is 11.3 Å². The zero-order valence-corrected chi connectivity index (χ0v) is 13.7. The quantitative estimate of drug-likeness (QED) is 0.601. The van der Waals surface area contributed by atoms with E-state index in [-0.39, 0.29) is 0 Å². The number of rotatable bonds is 3. The Morgan fingerprint density at radius 3 is 2.71 bits per heavy atom. The number of H-pyrrole nitrogens is 2. The Balaban J connectivity index is 1.97. The number of aromatic nitrogens is 4. The van der Waals surface area contributed by atoms with Gasteiger partial charge in [-0.05, 0) is 30.0 Å². The van der Waals surface area contributed by atoms with E-state index in [0.717, 1.165) is 10.4 Å². The lowest BCUT2D eigenvalue weighted by molar-refractivity contribution is 0.920. The van der Waals surface area contributed by atoms with Gasteiger partial charge in [-0.15, -0.1) is 11.3 Å². The van der Waals surface area contributed by atoms with Gasteiger partial charge in [-0.1, -0.05) is 24.3 Å². The Labute approximate surface area is 140 Å². The smallest absolute Gasteiger partial charge is 0.334 e. The van der Waals surface area contributed by atoms with E-state index in [1.165, 1.54) is 4.57 Å². The third-order valence-corrected chi connectivity index (χ3v) is 4.75. The van der Waals surface area contributed by atoms with Crippen LogP contribution in [0.5, 0.6) is 0 Å². The molecule has 0 unspecified atom stereocenters. The van der Waals surface area contributed by atoms with Crippen molar-refractivity contribution >= 4 is 22.5 Å². The molecule has 24 heavy (non-hydrogen) atoms. The number of imidazole rings is 1. The normalized spacial score (nSPS) is 11.2. The fourth-order valence-corrected chi connectivity index (χ4v) is 3.45. The number of aryl methyl sites for hydroxylation is 1. The van der Waals surface area contributed by atoms with E-state index in [9.17, 15) is 9.59 Å². The van der Waals surface area contributed by atoms with E-state index >= 15 is 0 Å². The molecule has 4 aromatic rings. The molecule has 3 heterocycles. The molecule has 3 aromatic heterocycles. The highest BCUT2D eigenvalue weighted by molar-refractivity contribution is 7.09. The summed E-state index contributed by atoms with van der Waals surface area (Å²) < 4.78 is 1.44. The van der Waals surface area contributed by atoms with E-state index in [2.05, 4.69) is 15.0 Å². The molecular weight excluding hydrogens is 324 g/mol. The van der Waals surface area contributed by atoms with Crippen molar-refractivity contribution in [1.29, 1.82) is 0 Å². The van der Waals surface area contributed by atoms with Crippen molar-refractivity contribution in [3.8, 4) is 5.69 Å². The first-order valence-electron chi connectivity index (χ1n) is 7.46. The van der Waals surface area contributed by atoms with Crippen molar-refractivity contribution in [1.82, 2.24) is 19.5 Å². The zero-order chi connectivity index (χ0) is 16.7. The van der Waals surface area contributed by atoms with Crippen LogP contribution in [0.3, 0.4) is 0 Å². The first kappa shape index (κ1) is 14.6. The number of thiophene rings is 1. The number of fused-ring (bicyclic) bond motifs is 1. The Bertz CT molecular complexity index is 1140. The van der Waals surface area contributed by atoms with Crippen LogP contribution in [-0.4, -0.2) is 19.5 Å². The number of aromatic amines is 2. The van der Waals surface area contributed by atoms with Crippen LogP contribution >= 0.6 is 11.3 Å². The maximum atomic E-state index is 12.4. The molecule has 120 valence electrons. The van der Waals surface area contributed by atoms with Crippen LogP contribution < -0.4 is 11.2 Å². The molecule has 0 radical (unpaired) electrons. The van der Waals surface area contributed by atoms with E-state index < -0.39 is 11.2 Å². The number of para-hydroxylation sites is 1. The Morgan fingerprint density at radius 2 is 1.96 bits per heavy atom. The first-order chi connectivity index (χ1) is 11.6. The fraction of sp³-hybridized carbons (Fsp3) is 0.118. The highest BCUT2D eigenvalue weighted by Gasteiger charge is 2.15. The SMILES string of the molecule is Cc1ccccc1-n1c(=O)[nH]c(=O)c2[nH]c(Cc3cccs3)nc21. The van der Waals surface area contributed by atoms with Gasteiger partial charge in [-0.25, -0.2) is 14.3 Å². The lowest BCUT2D eigenvalue weighted by atomic mass is 10.2. The summed E-state index contributed by atoms with van der Waals surface area (Å²) in [4.78, 5) is 35.6. The molecule has 0 saturated carbocycles. The molecule has 0 spiro atoms. The number of hydrogen-bond acceptors (Lipinski definition) is 4. The minimum Gasteiger partial charge on any atom is -0.336 e. The Morgan fingerprint density at radius 1 is 1.12 bits per heavy atom. The fourth-order valence-electron chi connectivity index (χ4n) is 2.74. The molecule has 0 amide bonds. The van der Waals surface area contributed by atoms with Crippen molar-refractivity contribution in [3.05, 3.63) is 78.9 Å². The van der Waals surface area contributed by atoms with Gasteiger partial charge < -0.3 is 4.98 Å². The molecule has 7 heteroatoms. The summed E-state index contributed by atoms with van der Waals surface area (Å²) in [7, 11) is 0. The van der Waals surface area contributed by atoms with Crippen molar-refractivity contribution in [3.63, 3.8) is 0 Å². The van der Waals surface area contributed by atoms with E-state index in [4.69, 9.17) is 0 Å². The number of benzene rings is 1. The summed E-state index contributed by atoms with van der Waals surface area (Å²) in [5, 5.41) is 1.99. The van der Waals surface area contributed by atoms with Gasteiger partial charge in [0.05, 0.1) is 5.69 Å². The van der Waals surface area contributed by atoms with Gasteiger partial charge in [0.25, 0.3) is 5.56 Å². The Kier molecular flexibility index (Phi) is 3.42. The van der Waals surface area contributed by atoms with Crippen LogP contribution in [-0.2, 0) is 6.42 Å². The highest BCUT2D eigenvalue weighted by atomic mass is 32.1. The van der Waals surface area contributed by atoms with Gasteiger partial charge in [0.2, 0.25) is 0 Å². The second-order valence-corrected chi connectivity index (χ2v) is 6.55. The van der Waals surface area contributed by atoms with Crippen LogP contribution in [0.1, 0.15) is 16.3 Å².